The normalized spacial score (nSPS) is 10.3. The van der Waals surface area contributed by atoms with Gasteiger partial charge in [-0.1, -0.05) is 31.2 Å². The number of carbonyl (C=O) groups excluding carboxylic acids is 1. The fraction of sp³-hybridized carbons (Fsp3) is 0.316. The van der Waals surface area contributed by atoms with Crippen molar-refractivity contribution in [1.29, 1.82) is 0 Å². The first-order valence-electron chi connectivity index (χ1n) is 7.94. The van der Waals surface area contributed by atoms with Crippen LogP contribution in [0.25, 0.3) is 0 Å². The van der Waals surface area contributed by atoms with Gasteiger partial charge in [0.25, 0.3) is 5.91 Å². The minimum Gasteiger partial charge on any atom is -0.490 e. The number of amides is 1. The number of aryl methyl sites for hydroxylation is 1. The van der Waals surface area contributed by atoms with Gasteiger partial charge in [0.15, 0.2) is 0 Å². The Balaban J connectivity index is 2.06. The SMILES string of the molecule is CCOCCOc1ccccc1C(=O)Nc1cccc(CC)c1. The van der Waals surface area contributed by atoms with Gasteiger partial charge in [-0.2, -0.15) is 0 Å². The Hall–Kier alpha value is -2.33. The number of benzene rings is 2. The number of ether oxygens (including phenoxy) is 2. The summed E-state index contributed by atoms with van der Waals surface area (Å²) >= 11 is 0. The summed E-state index contributed by atoms with van der Waals surface area (Å²) in [6.45, 7) is 5.60. The molecule has 0 fully saturated rings. The van der Waals surface area contributed by atoms with Crippen LogP contribution in [0.3, 0.4) is 0 Å². The fourth-order valence-electron chi connectivity index (χ4n) is 2.20. The standard InChI is InChI=1S/C19H23NO3/c1-3-15-8-7-9-16(14-15)20-19(21)17-10-5-6-11-18(17)23-13-12-22-4-2/h5-11,14H,3-4,12-13H2,1-2H3,(H,20,21). The van der Waals surface area contributed by atoms with E-state index >= 15 is 0 Å². The molecule has 4 nitrogen and oxygen atoms in total. The van der Waals surface area contributed by atoms with Crippen LogP contribution in [0, 0.1) is 0 Å². The first-order chi connectivity index (χ1) is 11.2. The quantitative estimate of drug-likeness (QED) is 0.752. The maximum absolute atomic E-state index is 12.5. The van der Waals surface area contributed by atoms with E-state index in [1.807, 2.05) is 43.3 Å². The van der Waals surface area contributed by atoms with Gasteiger partial charge in [0.1, 0.15) is 12.4 Å². The molecule has 0 saturated heterocycles. The Morgan fingerprint density at radius 2 is 1.87 bits per heavy atom. The number of hydrogen-bond donors (Lipinski definition) is 1. The number of carbonyl (C=O) groups is 1. The lowest BCUT2D eigenvalue weighted by Crippen LogP contribution is -2.15. The van der Waals surface area contributed by atoms with Crippen molar-refractivity contribution >= 4 is 11.6 Å². The summed E-state index contributed by atoms with van der Waals surface area (Å²) in [7, 11) is 0. The smallest absolute Gasteiger partial charge is 0.259 e. The third-order valence-corrected chi connectivity index (χ3v) is 3.41. The second kappa shape index (κ2) is 8.96. The molecular weight excluding hydrogens is 290 g/mol. The molecule has 2 rings (SSSR count). The van der Waals surface area contributed by atoms with Gasteiger partial charge in [-0.05, 0) is 43.2 Å². The topological polar surface area (TPSA) is 47.6 Å². The molecule has 0 saturated carbocycles. The summed E-state index contributed by atoms with van der Waals surface area (Å²) in [5, 5.41) is 2.92. The molecule has 1 N–H and O–H groups in total. The maximum Gasteiger partial charge on any atom is 0.259 e. The van der Waals surface area contributed by atoms with Crippen molar-refractivity contribution < 1.29 is 14.3 Å². The fourth-order valence-corrected chi connectivity index (χ4v) is 2.20. The molecule has 0 aliphatic heterocycles. The van der Waals surface area contributed by atoms with Crippen molar-refractivity contribution in [2.24, 2.45) is 0 Å². The number of anilines is 1. The lowest BCUT2D eigenvalue weighted by Gasteiger charge is -2.12. The molecule has 0 atom stereocenters. The molecule has 0 heterocycles. The van der Waals surface area contributed by atoms with Crippen molar-refractivity contribution in [2.75, 3.05) is 25.1 Å². The molecule has 23 heavy (non-hydrogen) atoms. The molecule has 2 aromatic carbocycles. The minimum atomic E-state index is -0.176. The molecule has 2 aromatic rings. The molecule has 0 unspecified atom stereocenters. The van der Waals surface area contributed by atoms with Crippen LogP contribution in [-0.4, -0.2) is 25.7 Å². The highest BCUT2D eigenvalue weighted by molar-refractivity contribution is 6.06. The van der Waals surface area contributed by atoms with Crippen LogP contribution < -0.4 is 10.1 Å². The van der Waals surface area contributed by atoms with E-state index in [0.717, 1.165) is 12.1 Å². The van der Waals surface area contributed by atoms with Crippen molar-refractivity contribution in [3.05, 3.63) is 59.7 Å². The molecule has 0 aromatic heterocycles. The van der Waals surface area contributed by atoms with Gasteiger partial charge < -0.3 is 14.8 Å². The van der Waals surface area contributed by atoms with Crippen LogP contribution >= 0.6 is 0 Å². The monoisotopic (exact) mass is 313 g/mol. The second-order valence-electron chi connectivity index (χ2n) is 5.05. The van der Waals surface area contributed by atoms with Crippen molar-refractivity contribution in [2.45, 2.75) is 20.3 Å². The third-order valence-electron chi connectivity index (χ3n) is 3.41. The number of para-hydroxylation sites is 1. The van der Waals surface area contributed by atoms with E-state index in [-0.39, 0.29) is 5.91 Å². The van der Waals surface area contributed by atoms with Crippen LogP contribution in [0.5, 0.6) is 5.75 Å². The summed E-state index contributed by atoms with van der Waals surface area (Å²) in [5.74, 6) is 0.390. The Kier molecular flexibility index (Phi) is 6.63. The predicted octanol–water partition coefficient (Wildman–Crippen LogP) is 3.92. The lowest BCUT2D eigenvalue weighted by atomic mass is 10.1. The average Bonchev–Trinajstić information content (AvgIpc) is 2.59. The predicted molar refractivity (Wildman–Crippen MR) is 92.2 cm³/mol. The van der Waals surface area contributed by atoms with E-state index in [9.17, 15) is 4.79 Å². The molecule has 4 heteroatoms. The van der Waals surface area contributed by atoms with Gasteiger partial charge in [0, 0.05) is 12.3 Å². The molecule has 0 radical (unpaired) electrons. The van der Waals surface area contributed by atoms with Crippen molar-refractivity contribution in [3.8, 4) is 5.75 Å². The molecule has 0 aliphatic carbocycles. The molecule has 0 spiro atoms. The first-order valence-corrected chi connectivity index (χ1v) is 7.94. The van der Waals surface area contributed by atoms with E-state index in [4.69, 9.17) is 9.47 Å². The summed E-state index contributed by atoms with van der Waals surface area (Å²) in [6.07, 6.45) is 0.931. The van der Waals surface area contributed by atoms with E-state index in [1.165, 1.54) is 5.56 Å². The molecule has 1 amide bonds. The van der Waals surface area contributed by atoms with Gasteiger partial charge in [-0.3, -0.25) is 4.79 Å². The number of hydrogen-bond acceptors (Lipinski definition) is 3. The van der Waals surface area contributed by atoms with Crippen LogP contribution in [0.4, 0.5) is 5.69 Å². The summed E-state index contributed by atoms with van der Waals surface area (Å²) < 4.78 is 10.9. The van der Waals surface area contributed by atoms with E-state index in [0.29, 0.717) is 31.1 Å². The minimum absolute atomic E-state index is 0.176. The zero-order chi connectivity index (χ0) is 16.5. The largest absolute Gasteiger partial charge is 0.490 e. The van der Waals surface area contributed by atoms with Crippen LogP contribution in [0.15, 0.2) is 48.5 Å². The highest BCUT2D eigenvalue weighted by atomic mass is 16.5. The van der Waals surface area contributed by atoms with Gasteiger partial charge in [0.2, 0.25) is 0 Å². The molecular formula is C19H23NO3. The zero-order valence-electron chi connectivity index (χ0n) is 13.7. The Morgan fingerprint density at radius 3 is 2.65 bits per heavy atom. The number of nitrogens with one attached hydrogen (secondary N) is 1. The average molecular weight is 313 g/mol. The summed E-state index contributed by atoms with van der Waals surface area (Å²) in [5.41, 5.74) is 2.49. The number of rotatable bonds is 8. The van der Waals surface area contributed by atoms with Gasteiger partial charge in [-0.15, -0.1) is 0 Å². The zero-order valence-corrected chi connectivity index (χ0v) is 13.7. The lowest BCUT2D eigenvalue weighted by molar-refractivity contribution is 0.0998. The first kappa shape index (κ1) is 17.0. The highest BCUT2D eigenvalue weighted by Gasteiger charge is 2.12. The molecule has 0 aliphatic rings. The van der Waals surface area contributed by atoms with E-state index in [2.05, 4.69) is 12.2 Å². The Bertz CT molecular complexity index is 640. The van der Waals surface area contributed by atoms with Crippen LogP contribution in [-0.2, 0) is 11.2 Å². The van der Waals surface area contributed by atoms with Crippen molar-refractivity contribution in [3.63, 3.8) is 0 Å². The van der Waals surface area contributed by atoms with E-state index < -0.39 is 0 Å². The third kappa shape index (κ3) is 5.11. The van der Waals surface area contributed by atoms with Crippen molar-refractivity contribution in [1.82, 2.24) is 0 Å². The molecule has 0 bridgehead atoms. The van der Waals surface area contributed by atoms with Crippen LogP contribution in [0.1, 0.15) is 29.8 Å². The Labute approximate surface area is 137 Å². The van der Waals surface area contributed by atoms with Gasteiger partial charge in [0.05, 0.1) is 12.2 Å². The van der Waals surface area contributed by atoms with Gasteiger partial charge >= 0.3 is 0 Å². The Morgan fingerprint density at radius 1 is 1.04 bits per heavy atom. The summed E-state index contributed by atoms with van der Waals surface area (Å²) in [4.78, 5) is 12.5. The van der Waals surface area contributed by atoms with Gasteiger partial charge in [-0.25, -0.2) is 0 Å². The highest BCUT2D eigenvalue weighted by Crippen LogP contribution is 2.20. The summed E-state index contributed by atoms with van der Waals surface area (Å²) in [6, 6.07) is 15.1. The second-order valence-corrected chi connectivity index (χ2v) is 5.05. The van der Waals surface area contributed by atoms with Crippen LogP contribution in [0.2, 0.25) is 0 Å². The van der Waals surface area contributed by atoms with E-state index in [1.54, 1.807) is 12.1 Å². The molecule has 122 valence electrons. The maximum atomic E-state index is 12.5.